The van der Waals surface area contributed by atoms with Gasteiger partial charge in [-0.15, -0.1) is 0 Å². The molecule has 0 heterocycles. The zero-order chi connectivity index (χ0) is 41.7. The average molecular weight is 807 g/mol. The minimum absolute atomic E-state index is 0.0632. The van der Waals surface area contributed by atoms with E-state index in [1.54, 1.807) is 0 Å². The fourth-order valence-electron chi connectivity index (χ4n) is 7.66. The van der Waals surface area contributed by atoms with Gasteiger partial charge in [-0.1, -0.05) is 246 Å². The number of esters is 3. The Morgan fingerprint density at radius 3 is 0.912 bits per heavy atom. The highest BCUT2D eigenvalue weighted by molar-refractivity contribution is 5.71. The average Bonchev–Trinajstić information content (AvgIpc) is 3.21. The van der Waals surface area contributed by atoms with Crippen LogP contribution in [0.15, 0.2) is 0 Å². The Labute approximate surface area is 355 Å². The van der Waals surface area contributed by atoms with Crippen molar-refractivity contribution in [1.29, 1.82) is 0 Å². The predicted octanol–water partition coefficient (Wildman–Crippen LogP) is 16.3. The van der Waals surface area contributed by atoms with Crippen LogP contribution in [-0.2, 0) is 28.6 Å². The molecule has 0 fully saturated rings. The fourth-order valence-corrected chi connectivity index (χ4v) is 7.66. The Kier molecular flexibility index (Phi) is 44.2. The Hall–Kier alpha value is -1.59. The smallest absolute Gasteiger partial charge is 0.306 e. The van der Waals surface area contributed by atoms with Gasteiger partial charge in [0.05, 0.1) is 0 Å². The molecule has 0 saturated carbocycles. The lowest BCUT2D eigenvalue weighted by Crippen LogP contribution is -2.30. The molecule has 0 aromatic carbocycles. The van der Waals surface area contributed by atoms with Gasteiger partial charge in [-0.3, -0.25) is 14.4 Å². The molecule has 0 saturated heterocycles. The predicted molar refractivity (Wildman–Crippen MR) is 243 cm³/mol. The summed E-state index contributed by atoms with van der Waals surface area (Å²) in [5.74, 6) is 0.0208. The summed E-state index contributed by atoms with van der Waals surface area (Å²) in [5, 5.41) is 0. The third-order valence-electron chi connectivity index (χ3n) is 11.9. The van der Waals surface area contributed by atoms with Crippen molar-refractivity contribution in [3.8, 4) is 0 Å². The Morgan fingerprint density at radius 1 is 0.351 bits per heavy atom. The topological polar surface area (TPSA) is 78.9 Å². The number of hydrogen-bond donors (Lipinski definition) is 0. The summed E-state index contributed by atoms with van der Waals surface area (Å²) in [6.45, 7) is 9.03. The van der Waals surface area contributed by atoms with Gasteiger partial charge in [0, 0.05) is 19.3 Å². The number of hydrogen-bond acceptors (Lipinski definition) is 6. The van der Waals surface area contributed by atoms with Crippen molar-refractivity contribution in [1.82, 2.24) is 0 Å². The zero-order valence-electron chi connectivity index (χ0n) is 38.8. The Bertz CT molecular complexity index is 859. The summed E-state index contributed by atoms with van der Waals surface area (Å²) >= 11 is 0. The van der Waals surface area contributed by atoms with Gasteiger partial charge in [-0.05, 0) is 25.2 Å². The van der Waals surface area contributed by atoms with Crippen LogP contribution in [0, 0.1) is 5.92 Å². The molecule has 0 radical (unpaired) electrons. The summed E-state index contributed by atoms with van der Waals surface area (Å²) in [7, 11) is 0. The van der Waals surface area contributed by atoms with Crippen LogP contribution in [-0.4, -0.2) is 37.2 Å². The van der Waals surface area contributed by atoms with Crippen molar-refractivity contribution >= 4 is 17.9 Å². The van der Waals surface area contributed by atoms with Gasteiger partial charge < -0.3 is 14.2 Å². The number of ether oxygens (including phenoxy) is 3. The fraction of sp³-hybridized carbons (Fsp3) is 0.941. The van der Waals surface area contributed by atoms with Crippen LogP contribution < -0.4 is 0 Å². The summed E-state index contributed by atoms with van der Waals surface area (Å²) < 4.78 is 16.8. The number of carbonyl (C=O) groups excluding carboxylic acids is 3. The highest BCUT2D eigenvalue weighted by atomic mass is 16.6. The molecule has 6 nitrogen and oxygen atoms in total. The van der Waals surface area contributed by atoms with Gasteiger partial charge in [0.1, 0.15) is 13.2 Å². The third kappa shape index (κ3) is 43.8. The van der Waals surface area contributed by atoms with Gasteiger partial charge in [-0.2, -0.15) is 0 Å². The maximum absolute atomic E-state index is 12.7. The van der Waals surface area contributed by atoms with Crippen molar-refractivity contribution in [3.63, 3.8) is 0 Å². The molecule has 0 N–H and O–H groups in total. The van der Waals surface area contributed by atoms with Crippen molar-refractivity contribution in [2.75, 3.05) is 13.2 Å². The highest BCUT2D eigenvalue weighted by Crippen LogP contribution is 2.17. The molecule has 0 aliphatic rings. The Balaban J connectivity index is 4.25. The molecule has 0 spiro atoms. The first-order valence-electron chi connectivity index (χ1n) is 25.4. The normalized spacial score (nSPS) is 12.4. The molecule has 57 heavy (non-hydrogen) atoms. The molecule has 0 aromatic heterocycles. The quantitative estimate of drug-likeness (QED) is 0.0346. The molecule has 0 bridgehead atoms. The van der Waals surface area contributed by atoms with Gasteiger partial charge in [0.2, 0.25) is 0 Å². The van der Waals surface area contributed by atoms with Crippen molar-refractivity contribution < 1.29 is 28.6 Å². The molecule has 0 aromatic rings. The highest BCUT2D eigenvalue weighted by Gasteiger charge is 2.19. The Morgan fingerprint density at radius 2 is 0.614 bits per heavy atom. The number of unbranched alkanes of at least 4 members (excludes halogenated alkanes) is 32. The lowest BCUT2D eigenvalue weighted by Gasteiger charge is -2.18. The maximum atomic E-state index is 12.7. The van der Waals surface area contributed by atoms with Crippen LogP contribution >= 0.6 is 0 Å². The summed E-state index contributed by atoms with van der Waals surface area (Å²) in [6, 6.07) is 0. The van der Waals surface area contributed by atoms with Crippen LogP contribution in [0.3, 0.4) is 0 Å². The van der Waals surface area contributed by atoms with Crippen LogP contribution in [0.1, 0.15) is 285 Å². The van der Waals surface area contributed by atoms with E-state index in [0.717, 1.165) is 63.7 Å². The van der Waals surface area contributed by atoms with Gasteiger partial charge in [0.25, 0.3) is 0 Å². The summed E-state index contributed by atoms with van der Waals surface area (Å²) in [5.41, 5.74) is 0. The minimum Gasteiger partial charge on any atom is -0.462 e. The first kappa shape index (κ1) is 55.4. The van der Waals surface area contributed by atoms with Crippen molar-refractivity contribution in [3.05, 3.63) is 0 Å². The van der Waals surface area contributed by atoms with E-state index in [9.17, 15) is 14.4 Å². The second kappa shape index (κ2) is 45.5. The molecule has 0 rings (SSSR count). The van der Waals surface area contributed by atoms with Crippen LogP contribution in [0.25, 0.3) is 0 Å². The van der Waals surface area contributed by atoms with Crippen LogP contribution in [0.2, 0.25) is 0 Å². The molecule has 0 amide bonds. The van der Waals surface area contributed by atoms with E-state index in [1.165, 1.54) is 180 Å². The van der Waals surface area contributed by atoms with Crippen molar-refractivity contribution in [2.45, 2.75) is 291 Å². The molecular formula is C51H98O6. The molecule has 6 heteroatoms. The molecular weight excluding hydrogens is 709 g/mol. The minimum atomic E-state index is -0.759. The van der Waals surface area contributed by atoms with E-state index >= 15 is 0 Å². The van der Waals surface area contributed by atoms with E-state index in [4.69, 9.17) is 14.2 Å². The first-order valence-corrected chi connectivity index (χ1v) is 25.4. The van der Waals surface area contributed by atoms with Gasteiger partial charge in [0.15, 0.2) is 6.10 Å². The summed E-state index contributed by atoms with van der Waals surface area (Å²) in [6.07, 6.45) is 46.5. The molecule has 0 aliphatic carbocycles. The summed E-state index contributed by atoms with van der Waals surface area (Å²) in [4.78, 5) is 37.8. The van der Waals surface area contributed by atoms with E-state index in [2.05, 4.69) is 27.7 Å². The molecule has 338 valence electrons. The standard InChI is InChI=1S/C51H98O6/c1-5-8-10-12-14-16-17-18-19-20-21-22-27-30-34-38-42-49(52)55-45-48(57-51(54)44-40-36-32-25-15-13-11-9-6-2)46-56-50(53)43-39-35-31-28-24-23-26-29-33-37-41-47(4)7-3/h47-48H,5-46H2,1-4H3/t47?,48-/m0/s1. The lowest BCUT2D eigenvalue weighted by molar-refractivity contribution is -0.167. The van der Waals surface area contributed by atoms with E-state index in [0.29, 0.717) is 19.3 Å². The SMILES string of the molecule is CCCCCCCCCCCCCCCCCCC(=O)OC[C@@H](COC(=O)CCCCCCCCCCCCC(C)CC)OC(=O)CCCCCCCCCCC. The molecule has 2 atom stereocenters. The van der Waals surface area contributed by atoms with E-state index < -0.39 is 6.10 Å². The van der Waals surface area contributed by atoms with E-state index in [1.807, 2.05) is 0 Å². The van der Waals surface area contributed by atoms with E-state index in [-0.39, 0.29) is 31.1 Å². The van der Waals surface area contributed by atoms with Crippen molar-refractivity contribution in [2.24, 2.45) is 5.92 Å². The second-order valence-electron chi connectivity index (χ2n) is 17.7. The second-order valence-corrected chi connectivity index (χ2v) is 17.7. The monoisotopic (exact) mass is 807 g/mol. The zero-order valence-corrected chi connectivity index (χ0v) is 38.8. The van der Waals surface area contributed by atoms with Crippen LogP contribution in [0.4, 0.5) is 0 Å². The molecule has 1 unspecified atom stereocenters. The number of carbonyl (C=O) groups is 3. The number of rotatable bonds is 46. The maximum Gasteiger partial charge on any atom is 0.306 e. The molecule has 0 aliphatic heterocycles. The van der Waals surface area contributed by atoms with Gasteiger partial charge >= 0.3 is 17.9 Å². The largest absolute Gasteiger partial charge is 0.462 e. The lowest BCUT2D eigenvalue weighted by atomic mass is 9.99. The van der Waals surface area contributed by atoms with Gasteiger partial charge in [-0.25, -0.2) is 0 Å². The third-order valence-corrected chi connectivity index (χ3v) is 11.9. The van der Waals surface area contributed by atoms with Crippen LogP contribution in [0.5, 0.6) is 0 Å². The first-order chi connectivity index (χ1) is 27.9.